The summed E-state index contributed by atoms with van der Waals surface area (Å²) in [7, 11) is 0. The Morgan fingerprint density at radius 1 is 1.48 bits per heavy atom. The Bertz CT molecular complexity index is 713. The summed E-state index contributed by atoms with van der Waals surface area (Å²) >= 11 is 6.39. The van der Waals surface area contributed by atoms with Gasteiger partial charge in [0.25, 0.3) is 0 Å². The number of hydrogen-bond donors (Lipinski definition) is 1. The van der Waals surface area contributed by atoms with Gasteiger partial charge in [0.1, 0.15) is 5.75 Å². The number of carbonyl (C=O) groups excluding carboxylic acids is 1. The van der Waals surface area contributed by atoms with Crippen LogP contribution in [0.1, 0.15) is 38.7 Å². The predicted octanol–water partition coefficient (Wildman–Crippen LogP) is 3.24. The molecule has 3 aliphatic rings. The van der Waals surface area contributed by atoms with E-state index >= 15 is 0 Å². The Labute approximate surface area is 166 Å². The molecule has 3 fully saturated rings. The van der Waals surface area contributed by atoms with Gasteiger partial charge in [-0.1, -0.05) is 24.6 Å². The maximum atomic E-state index is 11.3. The van der Waals surface area contributed by atoms with Crippen molar-refractivity contribution in [3.8, 4) is 5.75 Å². The average Bonchev–Trinajstić information content (AvgIpc) is 3.27. The van der Waals surface area contributed by atoms with E-state index in [2.05, 4.69) is 23.2 Å². The standard InChI is InChI=1S/C21H29ClN2O3/c1-3-8-26-20-5-4-15(9-18(20)22)11-24-12-17-16(10-23-14(2)25)19-6-7-21(17,13-24)27-19/h4-5,9,16-17,19H,3,6-8,10-13H2,1-2H3,(H,23,25)/t16-,17+,19+,21+/m0/s1. The summed E-state index contributed by atoms with van der Waals surface area (Å²) < 4.78 is 12.1. The molecule has 1 aromatic carbocycles. The summed E-state index contributed by atoms with van der Waals surface area (Å²) in [6, 6.07) is 6.10. The molecule has 0 saturated carbocycles. The van der Waals surface area contributed by atoms with Gasteiger partial charge in [-0.15, -0.1) is 0 Å². The zero-order chi connectivity index (χ0) is 19.0. The lowest BCUT2D eigenvalue weighted by atomic mass is 9.73. The zero-order valence-electron chi connectivity index (χ0n) is 16.2. The van der Waals surface area contributed by atoms with Gasteiger partial charge in [-0.3, -0.25) is 9.69 Å². The van der Waals surface area contributed by atoms with E-state index in [-0.39, 0.29) is 11.5 Å². The van der Waals surface area contributed by atoms with E-state index in [0.717, 1.165) is 51.2 Å². The number of nitrogens with zero attached hydrogens (tertiary/aromatic N) is 1. The minimum Gasteiger partial charge on any atom is -0.492 e. The molecule has 0 unspecified atom stereocenters. The summed E-state index contributed by atoms with van der Waals surface area (Å²) in [5.74, 6) is 1.74. The van der Waals surface area contributed by atoms with Crippen molar-refractivity contribution in [2.45, 2.75) is 51.4 Å². The Balaban J connectivity index is 1.41. The van der Waals surface area contributed by atoms with Gasteiger partial charge in [-0.25, -0.2) is 0 Å². The second-order valence-electron chi connectivity index (χ2n) is 8.25. The number of benzene rings is 1. The number of nitrogens with one attached hydrogen (secondary N) is 1. The van der Waals surface area contributed by atoms with Crippen LogP contribution in [0.25, 0.3) is 0 Å². The third-order valence-electron chi connectivity index (χ3n) is 6.31. The predicted molar refractivity (Wildman–Crippen MR) is 105 cm³/mol. The lowest BCUT2D eigenvalue weighted by Gasteiger charge is -2.29. The van der Waals surface area contributed by atoms with E-state index in [9.17, 15) is 4.79 Å². The molecule has 1 aromatic rings. The van der Waals surface area contributed by atoms with Crippen LogP contribution in [0.3, 0.4) is 0 Å². The van der Waals surface area contributed by atoms with Crippen LogP contribution in [0.4, 0.5) is 0 Å². The summed E-state index contributed by atoms with van der Waals surface area (Å²) in [6.45, 7) is 7.94. The molecule has 3 aliphatic heterocycles. The molecule has 4 rings (SSSR count). The van der Waals surface area contributed by atoms with Gasteiger partial charge in [-0.2, -0.15) is 0 Å². The molecule has 1 spiro atoms. The fourth-order valence-electron chi connectivity index (χ4n) is 5.17. The number of amides is 1. The normalized spacial score (nSPS) is 31.9. The summed E-state index contributed by atoms with van der Waals surface area (Å²) in [5.41, 5.74) is 1.19. The maximum Gasteiger partial charge on any atom is 0.216 e. The van der Waals surface area contributed by atoms with Gasteiger partial charge < -0.3 is 14.8 Å². The fraction of sp³-hybridized carbons (Fsp3) is 0.667. The third kappa shape index (κ3) is 3.69. The second-order valence-corrected chi connectivity index (χ2v) is 8.66. The number of hydrogen-bond acceptors (Lipinski definition) is 4. The van der Waals surface area contributed by atoms with Crippen molar-refractivity contribution in [1.29, 1.82) is 0 Å². The number of carbonyl (C=O) groups is 1. The molecule has 4 atom stereocenters. The quantitative estimate of drug-likeness (QED) is 0.773. The average molecular weight is 393 g/mol. The molecule has 6 heteroatoms. The minimum atomic E-state index is -0.0121. The van der Waals surface area contributed by atoms with E-state index in [1.165, 1.54) is 5.56 Å². The van der Waals surface area contributed by atoms with Crippen molar-refractivity contribution in [3.63, 3.8) is 0 Å². The van der Waals surface area contributed by atoms with Crippen LogP contribution in [-0.2, 0) is 16.1 Å². The van der Waals surface area contributed by atoms with Crippen LogP contribution < -0.4 is 10.1 Å². The Morgan fingerprint density at radius 2 is 2.33 bits per heavy atom. The molecule has 2 bridgehead atoms. The Morgan fingerprint density at radius 3 is 3.07 bits per heavy atom. The highest BCUT2D eigenvalue weighted by Crippen LogP contribution is 2.54. The molecule has 3 saturated heterocycles. The molecular weight excluding hydrogens is 364 g/mol. The first kappa shape index (κ1) is 19.0. The highest BCUT2D eigenvalue weighted by Gasteiger charge is 2.62. The van der Waals surface area contributed by atoms with Crippen LogP contribution in [0.2, 0.25) is 5.02 Å². The van der Waals surface area contributed by atoms with Gasteiger partial charge in [-0.05, 0) is 37.0 Å². The smallest absolute Gasteiger partial charge is 0.216 e. The van der Waals surface area contributed by atoms with Crippen LogP contribution >= 0.6 is 11.6 Å². The lowest BCUT2D eigenvalue weighted by molar-refractivity contribution is -0.119. The Kier molecular flexibility index (Phi) is 5.36. The SMILES string of the molecule is CCCOc1ccc(CN2C[C@@H]3[C@H](CNC(C)=O)[C@H]4CC[C@]3(C2)O4)cc1Cl. The Hall–Kier alpha value is -1.30. The number of likely N-dealkylation sites (tertiary alicyclic amines) is 1. The van der Waals surface area contributed by atoms with Gasteiger partial charge in [0.05, 0.1) is 23.3 Å². The summed E-state index contributed by atoms with van der Waals surface area (Å²) in [4.78, 5) is 13.8. The van der Waals surface area contributed by atoms with Gasteiger partial charge in [0.2, 0.25) is 5.91 Å². The van der Waals surface area contributed by atoms with Crippen molar-refractivity contribution >= 4 is 17.5 Å². The van der Waals surface area contributed by atoms with Crippen LogP contribution in [0.15, 0.2) is 18.2 Å². The fourth-order valence-corrected chi connectivity index (χ4v) is 5.43. The maximum absolute atomic E-state index is 11.3. The summed E-state index contributed by atoms with van der Waals surface area (Å²) in [5, 5.41) is 3.69. The number of fused-ring (bicyclic) bond motifs is 1. The monoisotopic (exact) mass is 392 g/mol. The van der Waals surface area contributed by atoms with Crippen molar-refractivity contribution in [3.05, 3.63) is 28.8 Å². The molecule has 3 heterocycles. The van der Waals surface area contributed by atoms with E-state index in [4.69, 9.17) is 21.1 Å². The van der Waals surface area contributed by atoms with Crippen LogP contribution in [0.5, 0.6) is 5.75 Å². The lowest BCUT2D eigenvalue weighted by Crippen LogP contribution is -2.41. The first-order valence-electron chi connectivity index (χ1n) is 10.1. The topological polar surface area (TPSA) is 50.8 Å². The van der Waals surface area contributed by atoms with Gasteiger partial charge in [0, 0.05) is 44.9 Å². The highest BCUT2D eigenvalue weighted by atomic mass is 35.5. The molecule has 1 N–H and O–H groups in total. The summed E-state index contributed by atoms with van der Waals surface area (Å²) in [6.07, 6.45) is 3.54. The number of rotatable bonds is 7. The molecule has 5 nitrogen and oxygen atoms in total. The van der Waals surface area contributed by atoms with E-state index in [1.807, 2.05) is 12.1 Å². The van der Waals surface area contributed by atoms with Crippen molar-refractivity contribution in [2.75, 3.05) is 26.2 Å². The second kappa shape index (κ2) is 7.61. The van der Waals surface area contributed by atoms with Gasteiger partial charge >= 0.3 is 0 Å². The molecule has 148 valence electrons. The molecule has 1 amide bonds. The highest BCUT2D eigenvalue weighted by molar-refractivity contribution is 6.32. The molecule has 0 aliphatic carbocycles. The largest absolute Gasteiger partial charge is 0.492 e. The van der Waals surface area contributed by atoms with Crippen LogP contribution in [0, 0.1) is 11.8 Å². The third-order valence-corrected chi connectivity index (χ3v) is 6.60. The van der Waals surface area contributed by atoms with E-state index < -0.39 is 0 Å². The molecule has 27 heavy (non-hydrogen) atoms. The first-order valence-corrected chi connectivity index (χ1v) is 10.4. The van der Waals surface area contributed by atoms with E-state index in [1.54, 1.807) is 6.92 Å². The number of ether oxygens (including phenoxy) is 2. The minimum absolute atomic E-state index is 0.0121. The van der Waals surface area contributed by atoms with Gasteiger partial charge in [0.15, 0.2) is 0 Å². The van der Waals surface area contributed by atoms with Crippen molar-refractivity contribution in [2.24, 2.45) is 11.8 Å². The van der Waals surface area contributed by atoms with Crippen molar-refractivity contribution < 1.29 is 14.3 Å². The number of halogens is 1. The zero-order valence-corrected chi connectivity index (χ0v) is 16.9. The molecular formula is C21H29ClN2O3. The molecule has 0 radical (unpaired) electrons. The van der Waals surface area contributed by atoms with Crippen LogP contribution in [-0.4, -0.2) is 48.8 Å². The van der Waals surface area contributed by atoms with Crippen molar-refractivity contribution in [1.82, 2.24) is 10.2 Å². The van der Waals surface area contributed by atoms with E-state index in [0.29, 0.717) is 29.6 Å². The first-order chi connectivity index (χ1) is 13.0. The molecule has 0 aromatic heterocycles.